The van der Waals surface area contributed by atoms with Gasteiger partial charge in [-0.05, 0) is 44.0 Å². The first-order valence-corrected chi connectivity index (χ1v) is 8.09. The fourth-order valence-electron chi connectivity index (χ4n) is 2.96. The predicted octanol–water partition coefficient (Wildman–Crippen LogP) is 3.67. The first-order chi connectivity index (χ1) is 11.9. The van der Waals surface area contributed by atoms with Crippen LogP contribution in [0, 0.1) is 0 Å². The fraction of sp³-hybridized carbons (Fsp3) is 0.412. The highest BCUT2D eigenvalue weighted by Gasteiger charge is 2.41. The SMILES string of the molecule is CCOC(=O)c1cnn(-c2ccc(N3CCCC3)cc2)c1C(F)(F)F. The summed E-state index contributed by atoms with van der Waals surface area (Å²) >= 11 is 0. The molecule has 1 fully saturated rings. The van der Waals surface area contributed by atoms with E-state index >= 15 is 0 Å². The van der Waals surface area contributed by atoms with Gasteiger partial charge in [0.05, 0.1) is 18.5 Å². The molecule has 0 N–H and O–H groups in total. The molecule has 3 rings (SSSR count). The Bertz CT molecular complexity index is 747. The van der Waals surface area contributed by atoms with Gasteiger partial charge in [0.2, 0.25) is 0 Å². The number of ether oxygens (including phenoxy) is 1. The fourth-order valence-corrected chi connectivity index (χ4v) is 2.96. The third kappa shape index (κ3) is 3.47. The first-order valence-electron chi connectivity index (χ1n) is 8.09. The highest BCUT2D eigenvalue weighted by atomic mass is 19.4. The maximum atomic E-state index is 13.5. The van der Waals surface area contributed by atoms with E-state index < -0.39 is 23.4 Å². The number of esters is 1. The first kappa shape index (κ1) is 17.3. The summed E-state index contributed by atoms with van der Waals surface area (Å²) in [6, 6.07) is 6.69. The monoisotopic (exact) mass is 353 g/mol. The zero-order chi connectivity index (χ0) is 18.0. The minimum absolute atomic E-state index is 0.00809. The van der Waals surface area contributed by atoms with E-state index in [1.165, 1.54) is 6.92 Å². The molecule has 8 heteroatoms. The van der Waals surface area contributed by atoms with E-state index in [0.717, 1.165) is 42.5 Å². The Balaban J connectivity index is 1.97. The van der Waals surface area contributed by atoms with Gasteiger partial charge in [-0.2, -0.15) is 18.3 Å². The number of benzene rings is 1. The molecule has 0 atom stereocenters. The zero-order valence-corrected chi connectivity index (χ0v) is 13.7. The molecule has 0 bridgehead atoms. The Hall–Kier alpha value is -2.51. The molecular formula is C17H18F3N3O2. The van der Waals surface area contributed by atoms with Crippen LogP contribution in [0.15, 0.2) is 30.5 Å². The van der Waals surface area contributed by atoms with E-state index in [4.69, 9.17) is 4.74 Å². The second-order valence-corrected chi connectivity index (χ2v) is 5.75. The molecule has 0 amide bonds. The number of hydrogen-bond donors (Lipinski definition) is 0. The van der Waals surface area contributed by atoms with Crippen LogP contribution < -0.4 is 4.90 Å². The Morgan fingerprint density at radius 3 is 2.32 bits per heavy atom. The van der Waals surface area contributed by atoms with Crippen LogP contribution in [0.1, 0.15) is 35.8 Å². The van der Waals surface area contributed by atoms with Gasteiger partial charge in [0.1, 0.15) is 5.56 Å². The molecule has 1 saturated heterocycles. The lowest BCUT2D eigenvalue weighted by atomic mass is 10.2. The van der Waals surface area contributed by atoms with E-state index in [9.17, 15) is 18.0 Å². The van der Waals surface area contributed by atoms with E-state index in [1.54, 1.807) is 24.3 Å². The van der Waals surface area contributed by atoms with E-state index in [1.807, 2.05) is 0 Å². The van der Waals surface area contributed by atoms with Gasteiger partial charge in [-0.25, -0.2) is 9.48 Å². The standard InChI is InChI=1S/C17H18F3N3O2/c1-2-25-16(24)14-11-21-23(15(14)17(18,19)20)13-7-5-12(6-8-13)22-9-3-4-10-22/h5-8,11H,2-4,9-10H2,1H3. The molecule has 1 aliphatic rings. The van der Waals surface area contributed by atoms with Crippen LogP contribution >= 0.6 is 0 Å². The van der Waals surface area contributed by atoms with Gasteiger partial charge in [-0.1, -0.05) is 0 Å². The molecular weight excluding hydrogens is 335 g/mol. The molecule has 2 aromatic rings. The van der Waals surface area contributed by atoms with Gasteiger partial charge >= 0.3 is 12.1 Å². The minimum atomic E-state index is -4.73. The molecule has 0 aliphatic carbocycles. The van der Waals surface area contributed by atoms with E-state index in [0.29, 0.717) is 0 Å². The molecule has 0 saturated carbocycles. The molecule has 1 aromatic carbocycles. The number of anilines is 1. The molecule has 1 aromatic heterocycles. The van der Waals surface area contributed by atoms with Crippen LogP contribution in [0.25, 0.3) is 5.69 Å². The van der Waals surface area contributed by atoms with Crippen LogP contribution in [0.4, 0.5) is 18.9 Å². The van der Waals surface area contributed by atoms with Crippen molar-refractivity contribution in [3.8, 4) is 5.69 Å². The number of halogens is 3. The summed E-state index contributed by atoms with van der Waals surface area (Å²) in [5.41, 5.74) is -0.503. The number of alkyl halides is 3. The Morgan fingerprint density at radius 1 is 1.16 bits per heavy atom. The summed E-state index contributed by atoms with van der Waals surface area (Å²) in [6.45, 7) is 3.42. The van der Waals surface area contributed by atoms with Crippen LogP contribution in [0.5, 0.6) is 0 Å². The summed E-state index contributed by atoms with van der Waals surface area (Å²) in [5, 5.41) is 3.77. The van der Waals surface area contributed by atoms with Gasteiger partial charge in [-0.15, -0.1) is 0 Å². The molecule has 0 unspecified atom stereocenters. The number of nitrogens with zero attached hydrogens (tertiary/aromatic N) is 3. The van der Waals surface area contributed by atoms with Crippen LogP contribution in [0.2, 0.25) is 0 Å². The highest BCUT2D eigenvalue weighted by molar-refractivity contribution is 5.90. The minimum Gasteiger partial charge on any atom is -0.462 e. The van der Waals surface area contributed by atoms with Crippen molar-refractivity contribution in [2.45, 2.75) is 25.9 Å². The topological polar surface area (TPSA) is 47.4 Å². The molecule has 5 nitrogen and oxygen atoms in total. The Labute approximate surface area is 143 Å². The van der Waals surface area contributed by atoms with Crippen molar-refractivity contribution >= 4 is 11.7 Å². The molecule has 0 spiro atoms. The van der Waals surface area contributed by atoms with E-state index in [2.05, 4.69) is 10.00 Å². The van der Waals surface area contributed by atoms with Crippen molar-refractivity contribution in [3.05, 3.63) is 41.7 Å². The van der Waals surface area contributed by atoms with Crippen molar-refractivity contribution in [1.82, 2.24) is 9.78 Å². The maximum absolute atomic E-state index is 13.5. The van der Waals surface area contributed by atoms with Crippen LogP contribution in [0.3, 0.4) is 0 Å². The zero-order valence-electron chi connectivity index (χ0n) is 13.7. The number of hydrogen-bond acceptors (Lipinski definition) is 4. The average Bonchev–Trinajstić information content (AvgIpc) is 3.24. The smallest absolute Gasteiger partial charge is 0.434 e. The summed E-state index contributed by atoms with van der Waals surface area (Å²) in [4.78, 5) is 14.0. The molecule has 1 aliphatic heterocycles. The number of rotatable bonds is 4. The van der Waals surface area contributed by atoms with Gasteiger partial charge in [0.25, 0.3) is 0 Å². The van der Waals surface area contributed by atoms with Gasteiger partial charge in [0.15, 0.2) is 5.69 Å². The number of aromatic nitrogens is 2. The Kier molecular flexibility index (Phi) is 4.69. The van der Waals surface area contributed by atoms with E-state index in [-0.39, 0.29) is 12.3 Å². The predicted molar refractivity (Wildman–Crippen MR) is 86.0 cm³/mol. The van der Waals surface area contributed by atoms with Gasteiger partial charge < -0.3 is 9.64 Å². The average molecular weight is 353 g/mol. The molecule has 25 heavy (non-hydrogen) atoms. The van der Waals surface area contributed by atoms with Gasteiger partial charge in [0, 0.05) is 18.8 Å². The quantitative estimate of drug-likeness (QED) is 0.787. The lowest BCUT2D eigenvalue weighted by Gasteiger charge is -2.18. The van der Waals surface area contributed by atoms with Crippen molar-refractivity contribution in [2.24, 2.45) is 0 Å². The van der Waals surface area contributed by atoms with Crippen molar-refractivity contribution < 1.29 is 22.7 Å². The maximum Gasteiger partial charge on any atom is 0.434 e. The normalized spacial score (nSPS) is 14.8. The lowest BCUT2D eigenvalue weighted by Crippen LogP contribution is -2.19. The third-order valence-electron chi connectivity index (χ3n) is 4.10. The number of carbonyl (C=O) groups is 1. The van der Waals surface area contributed by atoms with Crippen LogP contribution in [-0.2, 0) is 10.9 Å². The second-order valence-electron chi connectivity index (χ2n) is 5.75. The Morgan fingerprint density at radius 2 is 1.76 bits per heavy atom. The van der Waals surface area contributed by atoms with Crippen molar-refractivity contribution in [2.75, 3.05) is 24.6 Å². The van der Waals surface area contributed by atoms with Crippen LogP contribution in [-0.4, -0.2) is 35.4 Å². The molecule has 0 radical (unpaired) electrons. The van der Waals surface area contributed by atoms with Crippen molar-refractivity contribution in [3.63, 3.8) is 0 Å². The summed E-state index contributed by atoms with van der Waals surface area (Å²) in [5.74, 6) is -1.03. The second kappa shape index (κ2) is 6.78. The molecule has 134 valence electrons. The summed E-state index contributed by atoms with van der Waals surface area (Å²) < 4.78 is 45.9. The largest absolute Gasteiger partial charge is 0.462 e. The lowest BCUT2D eigenvalue weighted by molar-refractivity contribution is -0.143. The summed E-state index contributed by atoms with van der Waals surface area (Å²) in [7, 11) is 0. The summed E-state index contributed by atoms with van der Waals surface area (Å²) in [6.07, 6.45) is -1.61. The van der Waals surface area contributed by atoms with Crippen molar-refractivity contribution in [1.29, 1.82) is 0 Å². The number of carbonyl (C=O) groups excluding carboxylic acids is 1. The highest BCUT2D eigenvalue weighted by Crippen LogP contribution is 2.34. The third-order valence-corrected chi connectivity index (χ3v) is 4.10. The van der Waals surface area contributed by atoms with Gasteiger partial charge in [-0.3, -0.25) is 0 Å². The molecule has 2 heterocycles.